The molecule has 14 nitrogen and oxygen atoms in total. The average molecular weight is 795 g/mol. The predicted octanol–water partition coefficient (Wildman–Crippen LogP) is 5.36. The minimum absolute atomic E-state index is 0.0934. The van der Waals surface area contributed by atoms with Crippen LogP contribution in [0.4, 0.5) is 4.79 Å². The Bertz CT molecular complexity index is 1830. The van der Waals surface area contributed by atoms with Gasteiger partial charge in [-0.15, -0.1) is 0 Å². The van der Waals surface area contributed by atoms with Crippen molar-refractivity contribution in [2.24, 2.45) is 28.8 Å². The number of nitrogens with zero attached hydrogens (tertiary/aromatic N) is 4. The molecule has 1 N–H and O–H groups in total. The van der Waals surface area contributed by atoms with Gasteiger partial charge < -0.3 is 33.7 Å². The first-order valence-electron chi connectivity index (χ1n) is 20.1. The molecular weight excluding hydrogens is 732 g/mol. The Morgan fingerprint density at radius 2 is 1.72 bits per heavy atom. The van der Waals surface area contributed by atoms with E-state index in [1.54, 1.807) is 54.7 Å². The molecule has 14 heteroatoms. The maximum atomic E-state index is 14.8. The Labute approximate surface area is 336 Å². The molecule has 0 spiro atoms. The number of aliphatic hydroxyl groups excluding tert-OH is 1. The number of aliphatic hydroxyl groups is 1. The van der Waals surface area contributed by atoms with Crippen LogP contribution < -0.4 is 0 Å². The van der Waals surface area contributed by atoms with Gasteiger partial charge in [0, 0.05) is 54.6 Å². The number of ketones is 2. The second-order valence-electron chi connectivity index (χ2n) is 17.0. The van der Waals surface area contributed by atoms with Gasteiger partial charge in [-0.1, -0.05) is 45.9 Å². The number of hydrazone groups is 1. The van der Waals surface area contributed by atoms with Crippen LogP contribution >= 0.6 is 0 Å². The number of fused-ring (bicyclic) bond motifs is 2. The Hall–Kier alpha value is -3.82. The Balaban J connectivity index is 1.56. The minimum atomic E-state index is -1.52. The summed E-state index contributed by atoms with van der Waals surface area (Å²) >= 11 is 0. The first-order chi connectivity index (χ1) is 26.8. The van der Waals surface area contributed by atoms with Gasteiger partial charge in [0.1, 0.15) is 30.0 Å². The summed E-state index contributed by atoms with van der Waals surface area (Å²) in [6, 6.07) is 8.38. The summed E-state index contributed by atoms with van der Waals surface area (Å²) in [6.07, 6.45) is -2.36. The highest BCUT2D eigenvalue weighted by molar-refractivity contribution is 6.00. The maximum absolute atomic E-state index is 14.8. The van der Waals surface area contributed by atoms with Gasteiger partial charge in [-0.2, -0.15) is 10.1 Å². The highest BCUT2D eigenvalue weighted by Crippen LogP contribution is 2.43. The molecule has 5 rings (SSSR count). The third kappa shape index (κ3) is 8.80. The smallest absolute Gasteiger partial charge is 0.431 e. The number of amides is 1. The van der Waals surface area contributed by atoms with E-state index in [0.717, 1.165) is 16.5 Å². The normalized spacial score (nSPS) is 37.5. The molecular formula is C43H62N4O10. The van der Waals surface area contributed by atoms with Gasteiger partial charge in [0.2, 0.25) is 0 Å². The molecule has 3 fully saturated rings. The lowest BCUT2D eigenvalue weighted by Crippen LogP contribution is -2.60. The largest absolute Gasteiger partial charge is 0.457 e. The number of methoxy groups -OCH3 is 1. The van der Waals surface area contributed by atoms with Crippen LogP contribution in [0.1, 0.15) is 87.1 Å². The van der Waals surface area contributed by atoms with E-state index in [1.165, 1.54) is 19.0 Å². The van der Waals surface area contributed by atoms with Crippen molar-refractivity contribution in [2.45, 2.75) is 142 Å². The van der Waals surface area contributed by atoms with Crippen molar-refractivity contribution in [3.8, 4) is 0 Å². The second-order valence-corrected chi connectivity index (χ2v) is 17.0. The van der Waals surface area contributed by atoms with Gasteiger partial charge in [0.15, 0.2) is 17.7 Å². The molecule has 0 unspecified atom stereocenters. The van der Waals surface area contributed by atoms with Crippen molar-refractivity contribution in [1.82, 2.24) is 14.9 Å². The number of likely N-dealkylation sites (N-methyl/N-ethyl adjacent to an activating group) is 1. The molecule has 0 aliphatic carbocycles. The van der Waals surface area contributed by atoms with Crippen molar-refractivity contribution in [3.63, 3.8) is 0 Å². The zero-order valence-electron chi connectivity index (χ0n) is 35.6. The van der Waals surface area contributed by atoms with Crippen LogP contribution in [0.25, 0.3) is 10.9 Å². The molecule has 3 aliphatic rings. The minimum Gasteiger partial charge on any atom is -0.457 e. The molecule has 4 heterocycles. The van der Waals surface area contributed by atoms with Crippen LogP contribution in [0.2, 0.25) is 0 Å². The van der Waals surface area contributed by atoms with Crippen LogP contribution in [-0.2, 0) is 44.5 Å². The predicted molar refractivity (Wildman–Crippen MR) is 213 cm³/mol. The number of para-hydroxylation sites is 1. The number of benzene rings is 1. The number of aromatic nitrogens is 1. The summed E-state index contributed by atoms with van der Waals surface area (Å²) < 4.78 is 31.1. The molecule has 1 amide bonds. The highest BCUT2D eigenvalue weighted by atomic mass is 16.7. The zero-order valence-corrected chi connectivity index (χ0v) is 35.6. The Kier molecular flexibility index (Phi) is 13.7. The lowest BCUT2D eigenvalue weighted by atomic mass is 9.73. The van der Waals surface area contributed by atoms with E-state index in [0.29, 0.717) is 18.6 Å². The van der Waals surface area contributed by atoms with Gasteiger partial charge in [0.25, 0.3) is 0 Å². The number of hydrogen-bond acceptors (Lipinski definition) is 13. The summed E-state index contributed by atoms with van der Waals surface area (Å²) in [5.41, 5.74) is -0.443. The first kappa shape index (κ1) is 44.3. The van der Waals surface area contributed by atoms with Gasteiger partial charge >= 0.3 is 12.1 Å². The third-order valence-electron chi connectivity index (χ3n) is 12.5. The monoisotopic (exact) mass is 794 g/mol. The molecule has 13 atom stereocenters. The summed E-state index contributed by atoms with van der Waals surface area (Å²) in [5, 5.41) is 18.4. The molecule has 0 bridgehead atoms. The molecule has 1 aromatic carbocycles. The summed E-state index contributed by atoms with van der Waals surface area (Å²) in [5.74, 6) is -5.29. The van der Waals surface area contributed by atoms with E-state index in [9.17, 15) is 24.3 Å². The Morgan fingerprint density at radius 1 is 1.04 bits per heavy atom. The summed E-state index contributed by atoms with van der Waals surface area (Å²) in [7, 11) is 5.22. The highest BCUT2D eigenvalue weighted by Gasteiger charge is 2.61. The van der Waals surface area contributed by atoms with Crippen molar-refractivity contribution >= 4 is 40.2 Å². The molecule has 3 aliphatic heterocycles. The topological polar surface area (TPSA) is 166 Å². The average Bonchev–Trinajstić information content (AvgIpc) is 3.43. The number of rotatable bonds is 8. The number of Topliss-reactive ketones (excluding diaryl/α,β-unsaturated/α-hetero) is 2. The van der Waals surface area contributed by atoms with E-state index in [2.05, 4.69) is 4.98 Å². The molecule has 1 aromatic heterocycles. The zero-order chi connectivity index (χ0) is 42.1. The molecule has 314 valence electrons. The summed E-state index contributed by atoms with van der Waals surface area (Å²) in [6.45, 7) is 15.6. The van der Waals surface area contributed by atoms with E-state index in [-0.39, 0.29) is 30.8 Å². The van der Waals surface area contributed by atoms with E-state index >= 15 is 0 Å². The second kappa shape index (κ2) is 17.6. The quantitative estimate of drug-likeness (QED) is 0.207. The fraction of sp³-hybridized carbons (Fsp3) is 0.674. The van der Waals surface area contributed by atoms with Crippen LogP contribution in [0, 0.1) is 23.7 Å². The number of carbonyl (C=O) groups is 4. The van der Waals surface area contributed by atoms with Crippen LogP contribution in [0.15, 0.2) is 41.6 Å². The van der Waals surface area contributed by atoms with Crippen LogP contribution in [0.3, 0.4) is 0 Å². The van der Waals surface area contributed by atoms with Crippen molar-refractivity contribution in [2.75, 3.05) is 21.2 Å². The molecule has 57 heavy (non-hydrogen) atoms. The fourth-order valence-electron chi connectivity index (χ4n) is 9.25. The number of ether oxygens (including phenoxy) is 5. The van der Waals surface area contributed by atoms with Crippen molar-refractivity contribution in [1.29, 1.82) is 0 Å². The van der Waals surface area contributed by atoms with E-state index in [1.807, 2.05) is 56.3 Å². The Morgan fingerprint density at radius 3 is 2.37 bits per heavy atom. The number of esters is 1. The fourth-order valence-corrected chi connectivity index (χ4v) is 9.25. The third-order valence-corrected chi connectivity index (χ3v) is 12.5. The lowest BCUT2D eigenvalue weighted by molar-refractivity contribution is -0.295. The molecule has 2 aromatic rings. The first-order valence-corrected chi connectivity index (χ1v) is 20.1. The van der Waals surface area contributed by atoms with Gasteiger partial charge in [-0.3, -0.25) is 19.4 Å². The van der Waals surface area contributed by atoms with Crippen LogP contribution in [0.5, 0.6) is 0 Å². The van der Waals surface area contributed by atoms with Crippen molar-refractivity contribution in [3.05, 3.63) is 42.1 Å². The molecule has 0 radical (unpaired) electrons. The van der Waals surface area contributed by atoms with E-state index < -0.39 is 83.4 Å². The molecule has 3 saturated heterocycles. The summed E-state index contributed by atoms with van der Waals surface area (Å²) in [4.78, 5) is 63.4. The van der Waals surface area contributed by atoms with E-state index in [4.69, 9.17) is 28.8 Å². The number of hydrogen-bond donors (Lipinski definition) is 1. The maximum Gasteiger partial charge on any atom is 0.431 e. The van der Waals surface area contributed by atoms with Gasteiger partial charge in [0.05, 0.1) is 23.3 Å². The lowest BCUT2D eigenvalue weighted by Gasteiger charge is -2.47. The van der Waals surface area contributed by atoms with Crippen LogP contribution in [-0.4, -0.2) is 125 Å². The van der Waals surface area contributed by atoms with Gasteiger partial charge in [-0.25, -0.2) is 4.79 Å². The number of cyclic esters (lactones) is 1. The standard InChI is InChI=1S/C43H62N4O10/c1-13-33-43(9)37(47(41(52)57-43)45-24(3)20-29-18-19-44-31-17-15-14-16-30(29)31)26(5)34(48)23(2)22-42(8,53-12)38(27(6)35(49)28(7)39(51)55-33)56-40-36(50)32(46(10)11)21-25(4)54-40/h14-19,23,25-28,32-33,36-38,40,50H,13,20-22H2,1-12H3/b45-24+/t23-,25-,26+,27+,28-,32+,33-,36-,37-,38-,40+,42-,43-/m1/s1. The van der Waals surface area contributed by atoms with Crippen molar-refractivity contribution < 1.29 is 48.0 Å². The molecule has 0 saturated carbocycles. The number of carbonyl (C=O) groups excluding carboxylic acids is 4. The number of pyridine rings is 1. The SMILES string of the molecule is CC[C@H]1OC(=O)[C@H](C)C(=O)[C@H](C)[C@@H](O[C@@H]2O[C@H](C)C[C@H](N(C)C)[C@H]2O)[C@](C)(OC)C[C@@H](C)C(=O)[C@H](C)[C@H]2N(/N=C(\C)Cc3ccnc4ccccc34)C(=O)O[C@]12C. The van der Waals surface area contributed by atoms with Gasteiger partial charge in [-0.05, 0) is 85.7 Å².